The van der Waals surface area contributed by atoms with E-state index in [0.29, 0.717) is 23.7 Å². The van der Waals surface area contributed by atoms with E-state index in [1.807, 2.05) is 43.1 Å². The molecule has 21 heavy (non-hydrogen) atoms. The van der Waals surface area contributed by atoms with E-state index in [9.17, 15) is 4.79 Å². The number of nitrogen functional groups attached to an aromatic ring is 1. The van der Waals surface area contributed by atoms with Crippen LogP contribution in [0.1, 0.15) is 22.8 Å². The summed E-state index contributed by atoms with van der Waals surface area (Å²) in [5.74, 6) is 0.201. The second-order valence-electron chi connectivity index (χ2n) is 4.74. The first kappa shape index (κ1) is 14.8. The average Bonchev–Trinajstić information content (AvgIpc) is 2.48. The summed E-state index contributed by atoms with van der Waals surface area (Å²) in [4.78, 5) is 18.0. The lowest BCUT2D eigenvalue weighted by Gasteiger charge is -2.19. The third kappa shape index (κ3) is 3.31. The second-order valence-corrected chi connectivity index (χ2v) is 4.74. The Balaban J connectivity index is 2.33. The summed E-state index contributed by atoms with van der Waals surface area (Å²) >= 11 is 0. The smallest absolute Gasteiger partial charge is 0.340 e. The zero-order valence-electron chi connectivity index (χ0n) is 12.5. The van der Waals surface area contributed by atoms with E-state index in [2.05, 4.69) is 4.98 Å². The largest absolute Gasteiger partial charge is 0.462 e. The van der Waals surface area contributed by atoms with E-state index in [-0.39, 0.29) is 0 Å². The maximum atomic E-state index is 11.9. The van der Waals surface area contributed by atoms with Crippen LogP contribution in [0.15, 0.2) is 36.5 Å². The summed E-state index contributed by atoms with van der Waals surface area (Å²) in [5.41, 5.74) is 8.61. The molecule has 0 saturated carbocycles. The van der Waals surface area contributed by atoms with Gasteiger partial charge in [-0.1, -0.05) is 17.7 Å². The van der Waals surface area contributed by atoms with Gasteiger partial charge in [-0.25, -0.2) is 9.78 Å². The van der Waals surface area contributed by atoms with Crippen LogP contribution in [0.3, 0.4) is 0 Å². The lowest BCUT2D eigenvalue weighted by Crippen LogP contribution is -2.14. The van der Waals surface area contributed by atoms with Gasteiger partial charge >= 0.3 is 5.97 Å². The lowest BCUT2D eigenvalue weighted by atomic mass is 10.2. The van der Waals surface area contributed by atoms with Crippen molar-refractivity contribution < 1.29 is 9.53 Å². The summed E-state index contributed by atoms with van der Waals surface area (Å²) in [7, 11) is 1.89. The molecule has 0 atom stereocenters. The molecule has 0 aliphatic heterocycles. The van der Waals surface area contributed by atoms with Crippen molar-refractivity contribution in [2.75, 3.05) is 24.3 Å². The van der Waals surface area contributed by atoms with Crippen molar-refractivity contribution in [1.82, 2.24) is 4.98 Å². The number of carbonyl (C=O) groups is 1. The Morgan fingerprint density at radius 2 is 2.00 bits per heavy atom. The van der Waals surface area contributed by atoms with Gasteiger partial charge in [-0.2, -0.15) is 0 Å². The SMILES string of the molecule is CCOC(=O)c1cc(N(C)c2ccc(C)cc2)ncc1N. The van der Waals surface area contributed by atoms with E-state index in [4.69, 9.17) is 10.5 Å². The number of hydrogen-bond donors (Lipinski definition) is 1. The van der Waals surface area contributed by atoms with E-state index in [1.165, 1.54) is 11.8 Å². The first-order valence-electron chi connectivity index (χ1n) is 6.76. The Hall–Kier alpha value is -2.56. The summed E-state index contributed by atoms with van der Waals surface area (Å²) < 4.78 is 5.00. The highest BCUT2D eigenvalue weighted by Crippen LogP contribution is 2.25. The minimum atomic E-state index is -0.434. The quantitative estimate of drug-likeness (QED) is 0.875. The number of hydrogen-bond acceptors (Lipinski definition) is 5. The number of ether oxygens (including phenoxy) is 1. The predicted octanol–water partition coefficient (Wildman–Crippen LogP) is 2.92. The van der Waals surface area contributed by atoms with Crippen molar-refractivity contribution in [3.63, 3.8) is 0 Å². The second kappa shape index (κ2) is 6.26. The number of anilines is 3. The monoisotopic (exact) mass is 285 g/mol. The van der Waals surface area contributed by atoms with Crippen LogP contribution < -0.4 is 10.6 Å². The minimum Gasteiger partial charge on any atom is -0.462 e. The minimum absolute atomic E-state index is 0.309. The number of esters is 1. The summed E-state index contributed by atoms with van der Waals surface area (Å²) in [6.45, 7) is 4.10. The number of pyridine rings is 1. The molecule has 5 nitrogen and oxygen atoms in total. The standard InChI is InChI=1S/C16H19N3O2/c1-4-21-16(20)13-9-15(18-10-14(13)17)19(3)12-7-5-11(2)6-8-12/h5-10H,4,17H2,1-3H3. The number of rotatable bonds is 4. The molecule has 1 aromatic heterocycles. The van der Waals surface area contributed by atoms with Gasteiger partial charge in [0.05, 0.1) is 24.1 Å². The number of aryl methyl sites for hydroxylation is 1. The number of aromatic nitrogens is 1. The molecule has 0 saturated heterocycles. The van der Waals surface area contributed by atoms with Crippen LogP contribution in [-0.2, 0) is 4.74 Å². The maximum Gasteiger partial charge on any atom is 0.340 e. The van der Waals surface area contributed by atoms with Crippen molar-refractivity contribution >= 4 is 23.2 Å². The topological polar surface area (TPSA) is 68.5 Å². The normalized spacial score (nSPS) is 10.2. The molecule has 0 aliphatic carbocycles. The zero-order chi connectivity index (χ0) is 15.4. The first-order chi connectivity index (χ1) is 10.0. The van der Waals surface area contributed by atoms with E-state index in [0.717, 1.165) is 5.69 Å². The molecule has 0 radical (unpaired) electrons. The van der Waals surface area contributed by atoms with E-state index < -0.39 is 5.97 Å². The average molecular weight is 285 g/mol. The van der Waals surface area contributed by atoms with Crippen molar-refractivity contribution in [2.45, 2.75) is 13.8 Å². The molecule has 0 bridgehead atoms. The van der Waals surface area contributed by atoms with Gasteiger partial charge in [0.25, 0.3) is 0 Å². The molecular formula is C16H19N3O2. The van der Waals surface area contributed by atoms with E-state index in [1.54, 1.807) is 13.0 Å². The number of benzene rings is 1. The number of carbonyl (C=O) groups excluding carboxylic acids is 1. The Bertz CT molecular complexity index is 638. The van der Waals surface area contributed by atoms with Gasteiger partial charge < -0.3 is 15.4 Å². The fourth-order valence-corrected chi connectivity index (χ4v) is 1.92. The molecule has 1 aromatic carbocycles. The Kier molecular flexibility index (Phi) is 4.42. The van der Waals surface area contributed by atoms with Crippen molar-refractivity contribution in [1.29, 1.82) is 0 Å². The van der Waals surface area contributed by atoms with Crippen LogP contribution >= 0.6 is 0 Å². The third-order valence-corrected chi connectivity index (χ3v) is 3.18. The van der Waals surface area contributed by atoms with Gasteiger partial charge in [0.15, 0.2) is 0 Å². The molecule has 2 rings (SSSR count). The van der Waals surface area contributed by atoms with Gasteiger partial charge in [-0.15, -0.1) is 0 Å². The van der Waals surface area contributed by atoms with Gasteiger partial charge in [-0.05, 0) is 32.0 Å². The molecule has 110 valence electrons. The van der Waals surface area contributed by atoms with Crippen molar-refractivity contribution in [2.24, 2.45) is 0 Å². The Morgan fingerprint density at radius 3 is 2.62 bits per heavy atom. The summed E-state index contributed by atoms with van der Waals surface area (Å²) in [6.07, 6.45) is 1.48. The van der Waals surface area contributed by atoms with Crippen LogP contribution in [0.2, 0.25) is 0 Å². The van der Waals surface area contributed by atoms with Crippen LogP contribution in [0.4, 0.5) is 17.2 Å². The molecule has 0 amide bonds. The van der Waals surface area contributed by atoms with Gasteiger partial charge in [-0.3, -0.25) is 0 Å². The molecule has 0 unspecified atom stereocenters. The van der Waals surface area contributed by atoms with Crippen LogP contribution in [-0.4, -0.2) is 24.6 Å². The molecule has 1 heterocycles. The van der Waals surface area contributed by atoms with Crippen molar-refractivity contribution in [3.8, 4) is 0 Å². The summed E-state index contributed by atoms with van der Waals surface area (Å²) in [5, 5.41) is 0. The molecule has 5 heteroatoms. The molecule has 2 N–H and O–H groups in total. The fraction of sp³-hybridized carbons (Fsp3) is 0.250. The zero-order valence-corrected chi connectivity index (χ0v) is 12.5. The molecule has 2 aromatic rings. The molecular weight excluding hydrogens is 266 g/mol. The Labute approximate surface area is 124 Å². The van der Waals surface area contributed by atoms with Crippen LogP contribution in [0, 0.1) is 6.92 Å². The molecule has 0 aliphatic rings. The fourth-order valence-electron chi connectivity index (χ4n) is 1.92. The highest BCUT2D eigenvalue weighted by Gasteiger charge is 2.14. The van der Waals surface area contributed by atoms with Crippen LogP contribution in [0.5, 0.6) is 0 Å². The van der Waals surface area contributed by atoms with Gasteiger partial charge in [0.2, 0.25) is 0 Å². The lowest BCUT2D eigenvalue weighted by molar-refractivity contribution is 0.0527. The highest BCUT2D eigenvalue weighted by atomic mass is 16.5. The highest BCUT2D eigenvalue weighted by molar-refractivity contribution is 5.95. The molecule has 0 spiro atoms. The number of nitrogens with zero attached hydrogens (tertiary/aromatic N) is 2. The van der Waals surface area contributed by atoms with Crippen LogP contribution in [0.25, 0.3) is 0 Å². The maximum absolute atomic E-state index is 11.9. The number of nitrogens with two attached hydrogens (primary N) is 1. The van der Waals surface area contributed by atoms with Gasteiger partial charge in [0, 0.05) is 12.7 Å². The van der Waals surface area contributed by atoms with Crippen molar-refractivity contribution in [3.05, 3.63) is 47.7 Å². The van der Waals surface area contributed by atoms with E-state index >= 15 is 0 Å². The predicted molar refractivity (Wildman–Crippen MR) is 83.8 cm³/mol. The Morgan fingerprint density at radius 1 is 1.33 bits per heavy atom. The summed E-state index contributed by atoms with van der Waals surface area (Å²) in [6, 6.07) is 9.69. The van der Waals surface area contributed by atoms with Gasteiger partial charge in [0.1, 0.15) is 5.82 Å². The third-order valence-electron chi connectivity index (χ3n) is 3.18. The molecule has 0 fully saturated rings. The first-order valence-corrected chi connectivity index (χ1v) is 6.76.